The van der Waals surface area contributed by atoms with Gasteiger partial charge in [-0.05, 0) is 64.5 Å². The lowest BCUT2D eigenvalue weighted by Crippen LogP contribution is -2.22. The van der Waals surface area contributed by atoms with Crippen LogP contribution in [-0.2, 0) is 0 Å². The number of ether oxygens (including phenoxy) is 2. The molecule has 0 aromatic heterocycles. The van der Waals surface area contributed by atoms with Crippen LogP contribution in [0.4, 0.5) is 0 Å². The smallest absolute Gasteiger partial charge is 0.161 e. The zero-order valence-corrected chi connectivity index (χ0v) is 14.7. The van der Waals surface area contributed by atoms with E-state index in [2.05, 4.69) is 65.2 Å². The normalized spacial score (nSPS) is 12.0. The fourth-order valence-electron chi connectivity index (χ4n) is 2.35. The van der Waals surface area contributed by atoms with Gasteiger partial charge in [0, 0.05) is 3.57 Å². The van der Waals surface area contributed by atoms with Gasteiger partial charge in [0.05, 0.1) is 20.3 Å². The maximum atomic E-state index is 5.41. The van der Waals surface area contributed by atoms with Gasteiger partial charge < -0.3 is 14.8 Å². The minimum atomic E-state index is 0.143. The van der Waals surface area contributed by atoms with E-state index < -0.39 is 0 Å². The van der Waals surface area contributed by atoms with E-state index in [1.165, 1.54) is 9.13 Å². The summed E-state index contributed by atoms with van der Waals surface area (Å²) in [6, 6.07) is 14.7. The summed E-state index contributed by atoms with van der Waals surface area (Å²) in [5, 5.41) is 3.53. The van der Waals surface area contributed by atoms with Gasteiger partial charge in [-0.2, -0.15) is 0 Å². The van der Waals surface area contributed by atoms with Gasteiger partial charge in [-0.15, -0.1) is 0 Å². The van der Waals surface area contributed by atoms with Crippen LogP contribution < -0.4 is 14.8 Å². The molecular weight excluding hydrogens is 377 g/mol. The Morgan fingerprint density at radius 2 is 1.71 bits per heavy atom. The summed E-state index contributed by atoms with van der Waals surface area (Å²) in [7, 11) is 3.31. The summed E-state index contributed by atoms with van der Waals surface area (Å²) in [6.45, 7) is 3.01. The second-order valence-electron chi connectivity index (χ2n) is 4.66. The lowest BCUT2D eigenvalue weighted by Gasteiger charge is -2.20. The third-order valence-corrected chi connectivity index (χ3v) is 4.00. The number of benzene rings is 2. The molecule has 1 unspecified atom stereocenters. The molecule has 0 aliphatic carbocycles. The molecule has 0 fully saturated rings. The Kier molecular flexibility index (Phi) is 5.87. The molecule has 21 heavy (non-hydrogen) atoms. The highest BCUT2D eigenvalue weighted by atomic mass is 127. The predicted molar refractivity (Wildman–Crippen MR) is 94.2 cm³/mol. The SMILES string of the molecule is CCNC(c1cccc(I)c1)c1ccc(OC)c(OC)c1. The molecule has 2 aromatic carbocycles. The van der Waals surface area contributed by atoms with Crippen molar-refractivity contribution in [2.75, 3.05) is 20.8 Å². The van der Waals surface area contributed by atoms with E-state index in [4.69, 9.17) is 9.47 Å². The second kappa shape index (κ2) is 7.66. The van der Waals surface area contributed by atoms with Crippen molar-refractivity contribution < 1.29 is 9.47 Å². The first kappa shape index (κ1) is 16.1. The Balaban J connectivity index is 2.43. The Morgan fingerprint density at radius 3 is 2.33 bits per heavy atom. The first-order valence-corrected chi connectivity index (χ1v) is 7.98. The van der Waals surface area contributed by atoms with Crippen molar-refractivity contribution in [2.24, 2.45) is 0 Å². The van der Waals surface area contributed by atoms with E-state index in [-0.39, 0.29) is 6.04 Å². The Labute approximate surface area is 139 Å². The zero-order chi connectivity index (χ0) is 15.2. The number of hydrogen-bond donors (Lipinski definition) is 1. The van der Waals surface area contributed by atoms with Crippen molar-refractivity contribution in [1.82, 2.24) is 5.32 Å². The molecule has 3 nitrogen and oxygen atoms in total. The van der Waals surface area contributed by atoms with Crippen molar-refractivity contribution >= 4 is 22.6 Å². The Morgan fingerprint density at radius 1 is 1.00 bits per heavy atom. The first-order valence-electron chi connectivity index (χ1n) is 6.90. The van der Waals surface area contributed by atoms with Crippen LogP contribution in [0.5, 0.6) is 11.5 Å². The topological polar surface area (TPSA) is 30.5 Å². The lowest BCUT2D eigenvalue weighted by atomic mass is 9.98. The summed E-state index contributed by atoms with van der Waals surface area (Å²) < 4.78 is 11.9. The van der Waals surface area contributed by atoms with Crippen molar-refractivity contribution in [2.45, 2.75) is 13.0 Å². The third kappa shape index (κ3) is 3.89. The van der Waals surface area contributed by atoms with Gasteiger partial charge in [-0.3, -0.25) is 0 Å². The molecule has 0 saturated heterocycles. The van der Waals surface area contributed by atoms with Gasteiger partial charge in [0.2, 0.25) is 0 Å². The zero-order valence-electron chi connectivity index (χ0n) is 12.5. The molecule has 0 amide bonds. The molecule has 2 aromatic rings. The van der Waals surface area contributed by atoms with Crippen LogP contribution >= 0.6 is 22.6 Å². The first-order chi connectivity index (χ1) is 10.2. The van der Waals surface area contributed by atoms with Crippen LogP contribution in [0.15, 0.2) is 42.5 Å². The summed E-state index contributed by atoms with van der Waals surface area (Å²) in [4.78, 5) is 0. The summed E-state index contributed by atoms with van der Waals surface area (Å²) in [5.74, 6) is 1.50. The number of methoxy groups -OCH3 is 2. The van der Waals surface area contributed by atoms with Gasteiger partial charge >= 0.3 is 0 Å². The van der Waals surface area contributed by atoms with Crippen LogP contribution in [-0.4, -0.2) is 20.8 Å². The number of nitrogens with one attached hydrogen (secondary N) is 1. The van der Waals surface area contributed by atoms with Crippen molar-refractivity contribution in [1.29, 1.82) is 0 Å². The Hall–Kier alpha value is -1.27. The average Bonchev–Trinajstić information content (AvgIpc) is 2.52. The molecule has 0 aliphatic rings. The minimum absolute atomic E-state index is 0.143. The highest BCUT2D eigenvalue weighted by molar-refractivity contribution is 14.1. The molecule has 0 spiro atoms. The van der Waals surface area contributed by atoms with Gasteiger partial charge in [-0.25, -0.2) is 0 Å². The van der Waals surface area contributed by atoms with Crippen LogP contribution in [0.25, 0.3) is 0 Å². The van der Waals surface area contributed by atoms with Gasteiger partial charge in [0.25, 0.3) is 0 Å². The maximum Gasteiger partial charge on any atom is 0.161 e. The monoisotopic (exact) mass is 397 g/mol. The van der Waals surface area contributed by atoms with E-state index in [1.54, 1.807) is 14.2 Å². The molecule has 0 aliphatic heterocycles. The number of halogens is 1. The fourth-order valence-corrected chi connectivity index (χ4v) is 2.92. The quantitative estimate of drug-likeness (QED) is 0.748. The molecule has 0 saturated carbocycles. The van der Waals surface area contributed by atoms with E-state index in [9.17, 15) is 0 Å². The third-order valence-electron chi connectivity index (χ3n) is 3.33. The number of hydrogen-bond acceptors (Lipinski definition) is 3. The average molecular weight is 397 g/mol. The highest BCUT2D eigenvalue weighted by Crippen LogP contribution is 2.32. The molecule has 1 N–H and O–H groups in total. The van der Waals surface area contributed by atoms with Gasteiger partial charge in [0.1, 0.15) is 0 Å². The lowest BCUT2D eigenvalue weighted by molar-refractivity contribution is 0.354. The van der Waals surface area contributed by atoms with E-state index >= 15 is 0 Å². The number of rotatable bonds is 6. The minimum Gasteiger partial charge on any atom is -0.493 e. The summed E-state index contributed by atoms with van der Waals surface area (Å²) in [6.07, 6.45) is 0. The summed E-state index contributed by atoms with van der Waals surface area (Å²) in [5.41, 5.74) is 2.41. The van der Waals surface area contributed by atoms with Crippen LogP contribution in [0.3, 0.4) is 0 Å². The van der Waals surface area contributed by atoms with Crippen molar-refractivity contribution in [3.05, 3.63) is 57.2 Å². The van der Waals surface area contributed by atoms with Gasteiger partial charge in [0.15, 0.2) is 11.5 Å². The van der Waals surface area contributed by atoms with E-state index in [0.29, 0.717) is 0 Å². The predicted octanol–water partition coefficient (Wildman–Crippen LogP) is 4.01. The summed E-state index contributed by atoms with van der Waals surface area (Å²) >= 11 is 2.34. The van der Waals surface area contributed by atoms with E-state index in [1.807, 2.05) is 12.1 Å². The molecule has 112 valence electrons. The molecule has 1 atom stereocenters. The fraction of sp³-hybridized carbons (Fsp3) is 0.294. The molecule has 4 heteroatoms. The molecule has 0 bridgehead atoms. The van der Waals surface area contributed by atoms with E-state index in [0.717, 1.165) is 23.6 Å². The van der Waals surface area contributed by atoms with Crippen LogP contribution in [0.1, 0.15) is 24.1 Å². The molecular formula is C17H20INO2. The second-order valence-corrected chi connectivity index (χ2v) is 5.91. The van der Waals surface area contributed by atoms with Crippen LogP contribution in [0, 0.1) is 3.57 Å². The standard InChI is InChI=1S/C17H20INO2/c1-4-19-17(12-6-5-7-14(18)10-12)13-8-9-15(20-2)16(11-13)21-3/h5-11,17,19H,4H2,1-3H3. The molecule has 2 rings (SSSR count). The van der Waals surface area contributed by atoms with Crippen molar-refractivity contribution in [3.63, 3.8) is 0 Å². The maximum absolute atomic E-state index is 5.41. The van der Waals surface area contributed by atoms with Crippen molar-refractivity contribution in [3.8, 4) is 11.5 Å². The van der Waals surface area contributed by atoms with Crippen LogP contribution in [0.2, 0.25) is 0 Å². The molecule has 0 radical (unpaired) electrons. The molecule has 0 heterocycles. The Bertz CT molecular complexity index is 601. The largest absolute Gasteiger partial charge is 0.493 e. The van der Waals surface area contributed by atoms with Gasteiger partial charge in [-0.1, -0.05) is 25.1 Å². The highest BCUT2D eigenvalue weighted by Gasteiger charge is 2.15.